The van der Waals surface area contributed by atoms with Crippen LogP contribution in [0.2, 0.25) is 0 Å². The van der Waals surface area contributed by atoms with Crippen molar-refractivity contribution in [2.24, 2.45) is 0 Å². The predicted molar refractivity (Wildman–Crippen MR) is 103 cm³/mol. The third-order valence-corrected chi connectivity index (χ3v) is 6.51. The number of hydrogen-bond acceptors (Lipinski definition) is 1. The number of rotatable bonds is 8. The molecule has 1 saturated heterocycles. The van der Waals surface area contributed by atoms with Crippen molar-refractivity contribution in [2.45, 2.75) is 89.0 Å². The summed E-state index contributed by atoms with van der Waals surface area (Å²) in [6.07, 6.45) is 15.3. The maximum atomic E-state index is 6.06. The molecule has 2 atom stereocenters. The molecule has 2 unspecified atom stereocenters. The monoisotopic (exact) mass is 325 g/mol. The zero-order valence-electron chi connectivity index (χ0n) is 15.6. The van der Waals surface area contributed by atoms with Gasteiger partial charge in [0.2, 0.25) is 0 Å². The molecular formula is C23H35N. The molecule has 1 heterocycles. The van der Waals surface area contributed by atoms with Gasteiger partial charge in [-0.15, -0.1) is 0 Å². The lowest BCUT2D eigenvalue weighted by Crippen LogP contribution is -2.51. The zero-order valence-corrected chi connectivity index (χ0v) is 15.6. The topological polar surface area (TPSA) is 3.24 Å². The van der Waals surface area contributed by atoms with Gasteiger partial charge in [-0.1, -0.05) is 69.7 Å². The molecule has 2 bridgehead atoms. The van der Waals surface area contributed by atoms with Crippen LogP contribution in [0.3, 0.4) is 0 Å². The Morgan fingerprint density at radius 2 is 1.96 bits per heavy atom. The van der Waals surface area contributed by atoms with E-state index in [9.17, 15) is 0 Å². The molecule has 1 heteroatoms. The molecule has 2 aliphatic rings. The summed E-state index contributed by atoms with van der Waals surface area (Å²) in [5, 5.41) is 0. The molecule has 1 aliphatic heterocycles. The standard InChI is InChI=1S/C23H35N/c1-3-4-5-6-7-8-16-24-17-15-23(14-10-13-22(24)19-23)21-12-9-11-20(2)18-21/h2,9,11-12,18,22H,3-8,10,13-17,19H2,1H3. The lowest BCUT2D eigenvalue weighted by Gasteiger charge is -2.51. The van der Waals surface area contributed by atoms with E-state index in [1.807, 2.05) is 6.07 Å². The van der Waals surface area contributed by atoms with Crippen LogP contribution < -0.4 is 0 Å². The number of benzene rings is 1. The lowest BCUT2D eigenvalue weighted by atomic mass is 9.63. The minimum Gasteiger partial charge on any atom is -0.300 e. The fourth-order valence-corrected chi connectivity index (χ4v) is 5.07. The molecule has 2 fully saturated rings. The van der Waals surface area contributed by atoms with Crippen LogP contribution in [-0.2, 0) is 5.41 Å². The average Bonchev–Trinajstić information content (AvgIpc) is 2.60. The van der Waals surface area contributed by atoms with E-state index in [0.29, 0.717) is 5.41 Å². The minimum absolute atomic E-state index is 0.413. The summed E-state index contributed by atoms with van der Waals surface area (Å²) in [5.74, 6) is 0. The third kappa shape index (κ3) is 4.23. The Kier molecular flexibility index (Phi) is 6.38. The summed E-state index contributed by atoms with van der Waals surface area (Å²) in [6.45, 7) is 11.0. The van der Waals surface area contributed by atoms with Crippen molar-refractivity contribution >= 4 is 0 Å². The molecule has 0 N–H and O–H groups in total. The number of hydrogen-bond donors (Lipinski definition) is 0. The van der Waals surface area contributed by atoms with Crippen LogP contribution in [0.15, 0.2) is 24.3 Å². The first kappa shape index (κ1) is 18.0. The van der Waals surface area contributed by atoms with Gasteiger partial charge in [0, 0.05) is 6.04 Å². The van der Waals surface area contributed by atoms with E-state index in [4.69, 9.17) is 6.92 Å². The Labute approximate surface area is 149 Å². The van der Waals surface area contributed by atoms with E-state index in [-0.39, 0.29) is 0 Å². The van der Waals surface area contributed by atoms with Gasteiger partial charge in [-0.3, -0.25) is 0 Å². The SMILES string of the molecule is [CH]c1cccc(C23CCCC(C2)N(CCCCCCCC)CC3)c1. The first-order valence-electron chi connectivity index (χ1n) is 10.3. The summed E-state index contributed by atoms with van der Waals surface area (Å²) in [6, 6.07) is 9.54. The molecule has 1 aromatic rings. The van der Waals surface area contributed by atoms with Crippen molar-refractivity contribution in [1.29, 1.82) is 0 Å². The molecule has 1 saturated carbocycles. The molecular weight excluding hydrogens is 290 g/mol. The van der Waals surface area contributed by atoms with Crippen molar-refractivity contribution in [1.82, 2.24) is 4.90 Å². The maximum absolute atomic E-state index is 6.06. The molecule has 1 aliphatic carbocycles. The van der Waals surface area contributed by atoms with Crippen molar-refractivity contribution < 1.29 is 0 Å². The van der Waals surface area contributed by atoms with Crippen molar-refractivity contribution in [3.8, 4) is 0 Å². The fraction of sp³-hybridized carbons (Fsp3) is 0.696. The highest BCUT2D eigenvalue weighted by Gasteiger charge is 2.43. The van der Waals surface area contributed by atoms with E-state index in [1.54, 1.807) is 0 Å². The van der Waals surface area contributed by atoms with Gasteiger partial charge in [0.1, 0.15) is 0 Å². The van der Waals surface area contributed by atoms with Gasteiger partial charge in [-0.25, -0.2) is 0 Å². The fourth-order valence-electron chi connectivity index (χ4n) is 5.07. The Hall–Kier alpha value is -0.820. The smallest absolute Gasteiger partial charge is 0.0104 e. The van der Waals surface area contributed by atoms with Crippen LogP contribution in [0.1, 0.15) is 88.7 Å². The van der Waals surface area contributed by atoms with Gasteiger partial charge in [0.05, 0.1) is 0 Å². The summed E-state index contributed by atoms with van der Waals surface area (Å²) in [7, 11) is 0. The Balaban J connectivity index is 1.53. The molecule has 0 spiro atoms. The molecule has 2 radical (unpaired) electrons. The van der Waals surface area contributed by atoms with E-state index in [0.717, 1.165) is 11.6 Å². The van der Waals surface area contributed by atoms with Crippen LogP contribution in [0.25, 0.3) is 0 Å². The van der Waals surface area contributed by atoms with Crippen molar-refractivity contribution in [2.75, 3.05) is 13.1 Å². The lowest BCUT2D eigenvalue weighted by molar-refractivity contribution is 0.0503. The van der Waals surface area contributed by atoms with E-state index < -0.39 is 0 Å². The second-order valence-corrected chi connectivity index (χ2v) is 8.21. The minimum atomic E-state index is 0.413. The summed E-state index contributed by atoms with van der Waals surface area (Å²) >= 11 is 0. The largest absolute Gasteiger partial charge is 0.300 e. The van der Waals surface area contributed by atoms with Crippen molar-refractivity contribution in [3.05, 3.63) is 42.3 Å². The molecule has 24 heavy (non-hydrogen) atoms. The van der Waals surface area contributed by atoms with Crippen LogP contribution in [0.4, 0.5) is 0 Å². The zero-order chi connectivity index (χ0) is 16.8. The van der Waals surface area contributed by atoms with Gasteiger partial charge in [-0.2, -0.15) is 0 Å². The normalized spacial score (nSPS) is 27.3. The summed E-state index contributed by atoms with van der Waals surface area (Å²) in [5.41, 5.74) is 2.85. The van der Waals surface area contributed by atoms with Crippen molar-refractivity contribution in [3.63, 3.8) is 0 Å². The molecule has 3 rings (SSSR count). The van der Waals surface area contributed by atoms with Gasteiger partial charge in [0.25, 0.3) is 0 Å². The average molecular weight is 326 g/mol. The van der Waals surface area contributed by atoms with Gasteiger partial charge < -0.3 is 4.90 Å². The molecule has 1 aromatic carbocycles. The molecule has 0 aromatic heterocycles. The van der Waals surface area contributed by atoms with Crippen LogP contribution >= 0.6 is 0 Å². The van der Waals surface area contributed by atoms with E-state index in [1.165, 1.54) is 89.3 Å². The quantitative estimate of drug-likeness (QED) is 0.530. The number of unbranched alkanes of at least 4 members (excludes halogenated alkanes) is 5. The molecule has 0 amide bonds. The van der Waals surface area contributed by atoms with E-state index in [2.05, 4.69) is 30.0 Å². The van der Waals surface area contributed by atoms with Crippen LogP contribution in [0, 0.1) is 6.92 Å². The third-order valence-electron chi connectivity index (χ3n) is 6.51. The highest BCUT2D eigenvalue weighted by molar-refractivity contribution is 5.33. The second-order valence-electron chi connectivity index (χ2n) is 8.21. The second kappa shape index (κ2) is 8.52. The summed E-state index contributed by atoms with van der Waals surface area (Å²) < 4.78 is 0. The highest BCUT2D eigenvalue weighted by atomic mass is 15.2. The van der Waals surface area contributed by atoms with Crippen LogP contribution in [-0.4, -0.2) is 24.0 Å². The van der Waals surface area contributed by atoms with Gasteiger partial charge in [-0.05, 0) is 68.7 Å². The number of fused-ring (bicyclic) bond motifs is 2. The van der Waals surface area contributed by atoms with Gasteiger partial charge >= 0.3 is 0 Å². The van der Waals surface area contributed by atoms with Crippen LogP contribution in [0.5, 0.6) is 0 Å². The molecule has 132 valence electrons. The Bertz CT molecular complexity index is 509. The highest BCUT2D eigenvalue weighted by Crippen LogP contribution is 2.47. The molecule has 1 nitrogen and oxygen atoms in total. The summed E-state index contributed by atoms with van der Waals surface area (Å²) in [4.78, 5) is 2.81. The van der Waals surface area contributed by atoms with Gasteiger partial charge in [0.15, 0.2) is 0 Å². The number of nitrogens with zero attached hydrogens (tertiary/aromatic N) is 1. The number of piperidine rings is 1. The number of likely N-dealkylation sites (tertiary alicyclic amines) is 1. The Morgan fingerprint density at radius 1 is 1.12 bits per heavy atom. The Morgan fingerprint density at radius 3 is 2.79 bits per heavy atom. The first-order chi connectivity index (χ1) is 11.7. The predicted octanol–water partition coefficient (Wildman–Crippen LogP) is 5.99. The van der Waals surface area contributed by atoms with E-state index >= 15 is 0 Å². The maximum Gasteiger partial charge on any atom is 0.0104 e. The first-order valence-corrected chi connectivity index (χ1v) is 10.3.